The van der Waals surface area contributed by atoms with Gasteiger partial charge in [-0.2, -0.15) is 0 Å². The van der Waals surface area contributed by atoms with Crippen LogP contribution in [0.3, 0.4) is 0 Å². The monoisotopic (exact) mass is 250 g/mol. The fourth-order valence-electron chi connectivity index (χ4n) is 1.84. The second kappa shape index (κ2) is 4.95. The lowest BCUT2D eigenvalue weighted by molar-refractivity contribution is -0.120. The maximum atomic E-state index is 12.1. The number of rotatable bonds is 1. The Labute approximate surface area is 104 Å². The highest BCUT2D eigenvalue weighted by Gasteiger charge is 2.21. The summed E-state index contributed by atoms with van der Waals surface area (Å²) in [5, 5.41) is 21.5. The average Bonchev–Trinajstić information content (AvgIpc) is 2.53. The summed E-state index contributed by atoms with van der Waals surface area (Å²) < 4.78 is 0. The van der Waals surface area contributed by atoms with E-state index in [1.165, 1.54) is 17.0 Å². The number of benzene rings is 1. The van der Waals surface area contributed by atoms with Crippen molar-refractivity contribution < 1.29 is 19.8 Å². The summed E-state index contributed by atoms with van der Waals surface area (Å²) >= 11 is 0. The van der Waals surface area contributed by atoms with Crippen molar-refractivity contribution in [3.63, 3.8) is 0 Å². The summed E-state index contributed by atoms with van der Waals surface area (Å²) in [6.45, 7) is 1.14. The molecule has 1 heterocycles. The molecule has 0 aromatic heterocycles. The summed E-state index contributed by atoms with van der Waals surface area (Å²) in [4.78, 5) is 24.8. The lowest BCUT2D eigenvalue weighted by atomic mass is 10.1. The largest absolute Gasteiger partial charge is 0.508 e. The maximum absolute atomic E-state index is 12.1. The predicted octanol–water partition coefficient (Wildman–Crippen LogP) is 0.0599. The van der Waals surface area contributed by atoms with Gasteiger partial charge in [-0.15, -0.1) is 0 Å². The van der Waals surface area contributed by atoms with Gasteiger partial charge in [-0.05, 0) is 12.1 Å². The Kier molecular flexibility index (Phi) is 3.36. The summed E-state index contributed by atoms with van der Waals surface area (Å²) in [5.41, 5.74) is 0.127. The van der Waals surface area contributed by atoms with Crippen LogP contribution in [0.2, 0.25) is 0 Å². The molecule has 1 aromatic rings. The van der Waals surface area contributed by atoms with Crippen LogP contribution in [-0.2, 0) is 4.79 Å². The molecule has 1 aliphatic heterocycles. The van der Waals surface area contributed by atoms with Crippen LogP contribution in [0.25, 0.3) is 0 Å². The molecule has 0 bridgehead atoms. The van der Waals surface area contributed by atoms with Gasteiger partial charge in [-0.25, -0.2) is 0 Å². The van der Waals surface area contributed by atoms with Crippen molar-refractivity contribution in [2.24, 2.45) is 0 Å². The van der Waals surface area contributed by atoms with Crippen molar-refractivity contribution in [2.75, 3.05) is 19.6 Å². The van der Waals surface area contributed by atoms with Crippen LogP contribution in [0.15, 0.2) is 18.2 Å². The Morgan fingerprint density at radius 3 is 2.78 bits per heavy atom. The Morgan fingerprint density at radius 1 is 1.28 bits per heavy atom. The van der Waals surface area contributed by atoms with E-state index in [0.29, 0.717) is 19.6 Å². The highest BCUT2D eigenvalue weighted by Crippen LogP contribution is 2.24. The van der Waals surface area contributed by atoms with Crippen LogP contribution in [0.5, 0.6) is 11.5 Å². The number of nitrogens with one attached hydrogen (secondary N) is 1. The molecule has 1 aromatic carbocycles. The standard InChI is InChI=1S/C12H14N2O4/c15-8-1-2-9(10(16)7-8)12(18)14-5-3-11(17)13-4-6-14/h1-2,7,15-16H,3-6H2,(H,13,17). The molecule has 6 nitrogen and oxygen atoms in total. The fourth-order valence-corrected chi connectivity index (χ4v) is 1.84. The number of phenolic OH excluding ortho intramolecular Hbond substituents is 2. The molecule has 0 spiro atoms. The van der Waals surface area contributed by atoms with Crippen molar-refractivity contribution in [1.29, 1.82) is 0 Å². The van der Waals surface area contributed by atoms with Crippen LogP contribution < -0.4 is 5.32 Å². The first-order chi connectivity index (χ1) is 8.58. The second-order valence-corrected chi connectivity index (χ2v) is 4.09. The molecule has 0 radical (unpaired) electrons. The molecule has 1 saturated heterocycles. The normalized spacial score (nSPS) is 16.0. The smallest absolute Gasteiger partial charge is 0.257 e. The zero-order valence-electron chi connectivity index (χ0n) is 9.72. The second-order valence-electron chi connectivity index (χ2n) is 4.09. The highest BCUT2D eigenvalue weighted by atomic mass is 16.3. The van der Waals surface area contributed by atoms with E-state index in [0.717, 1.165) is 6.07 Å². The molecule has 6 heteroatoms. The third-order valence-electron chi connectivity index (χ3n) is 2.81. The van der Waals surface area contributed by atoms with Crippen molar-refractivity contribution in [1.82, 2.24) is 10.2 Å². The molecule has 2 rings (SSSR count). The van der Waals surface area contributed by atoms with E-state index in [1.54, 1.807) is 0 Å². The van der Waals surface area contributed by atoms with Crippen LogP contribution >= 0.6 is 0 Å². The molecular weight excluding hydrogens is 236 g/mol. The zero-order chi connectivity index (χ0) is 13.1. The Balaban J connectivity index is 2.17. The molecule has 1 fully saturated rings. The van der Waals surface area contributed by atoms with Gasteiger partial charge in [0.2, 0.25) is 5.91 Å². The molecule has 18 heavy (non-hydrogen) atoms. The maximum Gasteiger partial charge on any atom is 0.257 e. The van der Waals surface area contributed by atoms with E-state index in [9.17, 15) is 14.7 Å². The quantitative estimate of drug-likeness (QED) is 0.657. The molecule has 3 N–H and O–H groups in total. The Hall–Kier alpha value is -2.24. The van der Waals surface area contributed by atoms with Crippen LogP contribution in [0, 0.1) is 0 Å². The first kappa shape index (κ1) is 12.2. The predicted molar refractivity (Wildman–Crippen MR) is 63.3 cm³/mol. The van der Waals surface area contributed by atoms with E-state index >= 15 is 0 Å². The van der Waals surface area contributed by atoms with E-state index in [-0.39, 0.29) is 35.3 Å². The number of amides is 2. The number of carbonyl (C=O) groups is 2. The average molecular weight is 250 g/mol. The third-order valence-corrected chi connectivity index (χ3v) is 2.81. The van der Waals surface area contributed by atoms with E-state index in [2.05, 4.69) is 5.32 Å². The molecule has 0 aliphatic carbocycles. The van der Waals surface area contributed by atoms with Crippen molar-refractivity contribution >= 4 is 11.8 Å². The van der Waals surface area contributed by atoms with Crippen LogP contribution in [0.1, 0.15) is 16.8 Å². The molecule has 0 unspecified atom stereocenters. The van der Waals surface area contributed by atoms with Crippen LogP contribution in [0.4, 0.5) is 0 Å². The first-order valence-electron chi connectivity index (χ1n) is 5.66. The van der Waals surface area contributed by atoms with Gasteiger partial charge in [0.25, 0.3) is 5.91 Å². The topological polar surface area (TPSA) is 89.9 Å². The molecule has 1 aliphatic rings. The van der Waals surface area contributed by atoms with Crippen molar-refractivity contribution in [2.45, 2.75) is 6.42 Å². The molecule has 2 amide bonds. The minimum atomic E-state index is -0.344. The van der Waals surface area contributed by atoms with Gasteiger partial charge in [0.1, 0.15) is 11.5 Å². The molecule has 0 saturated carbocycles. The van der Waals surface area contributed by atoms with Gasteiger partial charge in [-0.3, -0.25) is 9.59 Å². The lowest BCUT2D eigenvalue weighted by Gasteiger charge is -2.20. The van der Waals surface area contributed by atoms with Gasteiger partial charge in [0, 0.05) is 32.1 Å². The van der Waals surface area contributed by atoms with Gasteiger partial charge < -0.3 is 20.4 Å². The van der Waals surface area contributed by atoms with Crippen LogP contribution in [-0.4, -0.2) is 46.6 Å². The van der Waals surface area contributed by atoms with Gasteiger partial charge in [-0.1, -0.05) is 0 Å². The number of hydrogen-bond acceptors (Lipinski definition) is 4. The van der Waals surface area contributed by atoms with Crippen molar-refractivity contribution in [3.8, 4) is 11.5 Å². The minimum absolute atomic E-state index is 0.0831. The minimum Gasteiger partial charge on any atom is -0.508 e. The number of hydrogen-bond donors (Lipinski definition) is 3. The van der Waals surface area contributed by atoms with E-state index in [4.69, 9.17) is 5.11 Å². The van der Waals surface area contributed by atoms with Gasteiger partial charge >= 0.3 is 0 Å². The summed E-state index contributed by atoms with van der Waals surface area (Å²) in [7, 11) is 0. The Morgan fingerprint density at radius 2 is 2.06 bits per heavy atom. The van der Waals surface area contributed by atoms with Gasteiger partial charge in [0.15, 0.2) is 0 Å². The first-order valence-corrected chi connectivity index (χ1v) is 5.66. The summed E-state index contributed by atoms with van der Waals surface area (Å²) in [6.07, 6.45) is 0.255. The lowest BCUT2D eigenvalue weighted by Crippen LogP contribution is -2.34. The number of aromatic hydroxyl groups is 2. The number of carbonyl (C=O) groups excluding carboxylic acids is 2. The van der Waals surface area contributed by atoms with E-state index in [1.807, 2.05) is 0 Å². The SMILES string of the molecule is O=C1CCN(C(=O)c2ccc(O)cc2O)CCN1. The third kappa shape index (κ3) is 2.53. The number of phenols is 2. The van der Waals surface area contributed by atoms with Crippen molar-refractivity contribution in [3.05, 3.63) is 23.8 Å². The summed E-state index contributed by atoms with van der Waals surface area (Å²) in [5.74, 6) is -0.787. The van der Waals surface area contributed by atoms with E-state index < -0.39 is 0 Å². The molecular formula is C12H14N2O4. The zero-order valence-corrected chi connectivity index (χ0v) is 9.72. The molecule has 0 atom stereocenters. The molecule has 96 valence electrons. The number of nitrogens with zero attached hydrogens (tertiary/aromatic N) is 1. The fraction of sp³-hybridized carbons (Fsp3) is 0.333. The summed E-state index contributed by atoms with van der Waals surface area (Å²) in [6, 6.07) is 3.83. The highest BCUT2D eigenvalue weighted by molar-refractivity contribution is 5.97. The van der Waals surface area contributed by atoms with Gasteiger partial charge in [0.05, 0.1) is 5.56 Å². The Bertz CT molecular complexity index is 487.